The minimum atomic E-state index is -0.366. The topological polar surface area (TPSA) is 68.0 Å². The van der Waals surface area contributed by atoms with Gasteiger partial charge in [-0.15, -0.1) is 0 Å². The maximum atomic E-state index is 11.8. The molecule has 0 aromatic heterocycles. The number of methoxy groups -OCH3 is 1. The largest absolute Gasteiger partial charge is 0.496 e. The number of amidine groups is 1. The quantitative estimate of drug-likeness (QED) is 0.0894. The highest BCUT2D eigenvalue weighted by Gasteiger charge is 2.24. The zero-order valence-corrected chi connectivity index (χ0v) is 20.5. The first-order valence-electron chi connectivity index (χ1n) is 11.0. The van der Waals surface area contributed by atoms with E-state index in [0.29, 0.717) is 16.5 Å². The lowest BCUT2D eigenvalue weighted by molar-refractivity contribution is -0.387. The summed E-state index contributed by atoms with van der Waals surface area (Å²) in [6, 6.07) is 30.2. The van der Waals surface area contributed by atoms with Gasteiger partial charge in [0.25, 0.3) is 5.69 Å². The van der Waals surface area contributed by atoms with E-state index in [-0.39, 0.29) is 10.6 Å². The lowest BCUT2D eigenvalue weighted by Gasteiger charge is -2.26. The maximum Gasteiger partial charge on any atom is 0.284 e. The minimum Gasteiger partial charge on any atom is -0.496 e. The first-order chi connectivity index (χ1) is 17.0. The Morgan fingerprint density at radius 2 is 1.46 bits per heavy atom. The van der Waals surface area contributed by atoms with Gasteiger partial charge in [-0.05, 0) is 56.3 Å². The van der Waals surface area contributed by atoms with Crippen LogP contribution in [0.5, 0.6) is 5.75 Å². The van der Waals surface area contributed by atoms with E-state index in [1.807, 2.05) is 90.9 Å². The van der Waals surface area contributed by atoms with Gasteiger partial charge in [0.15, 0.2) is 5.84 Å². The molecule has 7 heteroatoms. The Kier molecular flexibility index (Phi) is 7.48. The molecule has 4 aromatic carbocycles. The molecule has 0 aliphatic carbocycles. The van der Waals surface area contributed by atoms with Gasteiger partial charge in [-0.2, -0.15) is 0 Å². The van der Waals surface area contributed by atoms with Crippen LogP contribution in [0, 0.1) is 24.0 Å². The summed E-state index contributed by atoms with van der Waals surface area (Å²) in [7, 11) is 1.62. The zero-order valence-electron chi connectivity index (χ0n) is 19.7. The van der Waals surface area contributed by atoms with E-state index in [4.69, 9.17) is 9.73 Å². The summed E-state index contributed by atoms with van der Waals surface area (Å²) in [4.78, 5) is 16.9. The number of nitro benzene ring substituents is 1. The van der Waals surface area contributed by atoms with E-state index in [2.05, 4.69) is 0 Å². The predicted octanol–water partition coefficient (Wildman–Crippen LogP) is 7.51. The third-order valence-electron chi connectivity index (χ3n) is 5.33. The van der Waals surface area contributed by atoms with Crippen molar-refractivity contribution in [2.24, 2.45) is 4.99 Å². The lowest BCUT2D eigenvalue weighted by atomic mass is 10.1. The molecule has 6 nitrogen and oxygen atoms in total. The maximum absolute atomic E-state index is 11.8. The number of ether oxygens (including phenoxy) is 1. The molecule has 0 bridgehead atoms. The smallest absolute Gasteiger partial charge is 0.284 e. The van der Waals surface area contributed by atoms with Gasteiger partial charge >= 0.3 is 0 Å². The van der Waals surface area contributed by atoms with E-state index in [9.17, 15) is 10.1 Å². The van der Waals surface area contributed by atoms with Gasteiger partial charge < -0.3 is 4.74 Å². The van der Waals surface area contributed by atoms with Crippen molar-refractivity contribution in [2.45, 2.75) is 18.7 Å². The first-order valence-corrected chi connectivity index (χ1v) is 11.8. The van der Waals surface area contributed by atoms with Crippen LogP contribution in [0.25, 0.3) is 0 Å². The van der Waals surface area contributed by atoms with E-state index in [1.165, 1.54) is 18.0 Å². The van der Waals surface area contributed by atoms with Crippen LogP contribution in [0.4, 0.5) is 17.1 Å². The summed E-state index contributed by atoms with van der Waals surface area (Å²) >= 11 is 1.25. The summed E-state index contributed by atoms with van der Waals surface area (Å²) in [6.45, 7) is 4.04. The average molecular weight is 484 g/mol. The number of hydrogen-bond donors (Lipinski definition) is 0. The monoisotopic (exact) mass is 483 g/mol. The number of aliphatic imine (C=N–C) groups is 1. The summed E-state index contributed by atoms with van der Waals surface area (Å²) in [5.74, 6) is 1.25. The molecule has 0 aliphatic rings. The molecule has 0 saturated heterocycles. The van der Waals surface area contributed by atoms with Crippen molar-refractivity contribution in [3.8, 4) is 5.75 Å². The molecule has 0 unspecified atom stereocenters. The Labute approximate surface area is 209 Å². The molecule has 0 fully saturated rings. The highest BCUT2D eigenvalue weighted by Crippen LogP contribution is 2.38. The summed E-state index contributed by atoms with van der Waals surface area (Å²) < 4.78 is 7.59. The molecule has 35 heavy (non-hydrogen) atoms. The fourth-order valence-corrected chi connectivity index (χ4v) is 4.49. The van der Waals surface area contributed by atoms with Crippen molar-refractivity contribution in [2.75, 3.05) is 11.4 Å². The van der Waals surface area contributed by atoms with Crippen molar-refractivity contribution in [1.82, 2.24) is 0 Å². The Hall–Kier alpha value is -4.10. The van der Waals surface area contributed by atoms with Crippen molar-refractivity contribution in [3.63, 3.8) is 0 Å². The van der Waals surface area contributed by atoms with Crippen LogP contribution in [-0.2, 0) is 0 Å². The molecule has 4 rings (SSSR count). The van der Waals surface area contributed by atoms with Gasteiger partial charge in [0.1, 0.15) is 10.6 Å². The van der Waals surface area contributed by atoms with Gasteiger partial charge in [-0.25, -0.2) is 4.99 Å². The SMILES string of the molecule is COc1ccccc1C(=Nc1ccc(C)cc1)N(Sc1ccccc1[N+](=O)[O-])c1ccc(C)cc1. The highest BCUT2D eigenvalue weighted by molar-refractivity contribution is 8.01. The third-order valence-corrected chi connectivity index (χ3v) is 6.44. The Balaban J connectivity index is 1.94. The second kappa shape index (κ2) is 10.9. The van der Waals surface area contributed by atoms with Gasteiger partial charge in [0.05, 0.1) is 29.0 Å². The lowest BCUT2D eigenvalue weighted by Crippen LogP contribution is -2.25. The normalized spacial score (nSPS) is 11.2. The number of aryl methyl sites for hydroxylation is 2. The summed E-state index contributed by atoms with van der Waals surface area (Å²) in [6.07, 6.45) is 0. The van der Waals surface area contributed by atoms with E-state index < -0.39 is 0 Å². The van der Waals surface area contributed by atoms with Crippen LogP contribution >= 0.6 is 11.9 Å². The Bertz CT molecular complexity index is 1350. The first kappa shape index (κ1) is 24.0. The van der Waals surface area contributed by atoms with E-state index in [1.54, 1.807) is 25.3 Å². The Morgan fingerprint density at radius 3 is 2.11 bits per heavy atom. The molecular weight excluding hydrogens is 458 g/mol. The predicted molar refractivity (Wildman–Crippen MR) is 143 cm³/mol. The number of hydrogen-bond acceptors (Lipinski definition) is 5. The van der Waals surface area contributed by atoms with Crippen LogP contribution in [0.15, 0.2) is 107 Å². The molecule has 0 radical (unpaired) electrons. The van der Waals surface area contributed by atoms with Crippen molar-refractivity contribution in [3.05, 3.63) is 124 Å². The fourth-order valence-electron chi connectivity index (χ4n) is 3.47. The van der Waals surface area contributed by atoms with Gasteiger partial charge in [0.2, 0.25) is 0 Å². The number of nitro groups is 1. The molecule has 0 amide bonds. The third kappa shape index (κ3) is 5.70. The van der Waals surface area contributed by atoms with Gasteiger partial charge in [0, 0.05) is 18.0 Å². The molecule has 0 N–H and O–H groups in total. The van der Waals surface area contributed by atoms with Crippen molar-refractivity contribution in [1.29, 1.82) is 0 Å². The number of rotatable bonds is 7. The van der Waals surface area contributed by atoms with Crippen LogP contribution in [-0.4, -0.2) is 17.9 Å². The van der Waals surface area contributed by atoms with Gasteiger partial charge in [-0.1, -0.05) is 59.7 Å². The second-order valence-corrected chi connectivity index (χ2v) is 8.90. The molecule has 0 atom stereocenters. The fraction of sp³-hybridized carbons (Fsp3) is 0.107. The second-order valence-electron chi connectivity index (χ2n) is 7.92. The van der Waals surface area contributed by atoms with Crippen LogP contribution < -0.4 is 9.04 Å². The number of nitrogens with zero attached hydrogens (tertiary/aromatic N) is 3. The number of benzene rings is 4. The van der Waals surface area contributed by atoms with E-state index >= 15 is 0 Å². The van der Waals surface area contributed by atoms with Crippen LogP contribution in [0.2, 0.25) is 0 Å². The van der Waals surface area contributed by atoms with Gasteiger partial charge in [-0.3, -0.25) is 14.4 Å². The summed E-state index contributed by atoms with van der Waals surface area (Å²) in [5.41, 5.74) is 4.63. The summed E-state index contributed by atoms with van der Waals surface area (Å²) in [5, 5.41) is 11.8. The zero-order chi connectivity index (χ0) is 24.8. The molecule has 176 valence electrons. The molecule has 0 heterocycles. The number of anilines is 1. The molecule has 4 aromatic rings. The minimum absolute atomic E-state index is 0.0318. The highest BCUT2D eigenvalue weighted by atomic mass is 32.2. The Morgan fingerprint density at radius 1 is 0.857 bits per heavy atom. The molecule has 0 aliphatic heterocycles. The van der Waals surface area contributed by atoms with Crippen LogP contribution in [0.3, 0.4) is 0 Å². The molecule has 0 spiro atoms. The molecular formula is C28H25N3O3S. The molecule has 0 saturated carbocycles. The average Bonchev–Trinajstić information content (AvgIpc) is 2.88. The number of para-hydroxylation sites is 2. The van der Waals surface area contributed by atoms with Crippen molar-refractivity contribution < 1.29 is 9.66 Å². The standard InChI is InChI=1S/C28H25N3O3S/c1-20-12-16-22(17-13-20)29-28(24-8-4-6-10-26(24)34-3)30(23-18-14-21(2)15-19-23)35-27-11-7-5-9-25(27)31(32)33/h4-19H,1-3H3. The van der Waals surface area contributed by atoms with Crippen LogP contribution in [0.1, 0.15) is 16.7 Å². The van der Waals surface area contributed by atoms with Crippen molar-refractivity contribution >= 4 is 34.8 Å². The van der Waals surface area contributed by atoms with E-state index in [0.717, 1.165) is 28.1 Å².